The molecule has 0 aliphatic carbocycles. The van der Waals surface area contributed by atoms with Crippen molar-refractivity contribution in [2.45, 2.75) is 6.92 Å². The first-order valence-electron chi connectivity index (χ1n) is 5.19. The van der Waals surface area contributed by atoms with Gasteiger partial charge in [0.2, 0.25) is 0 Å². The number of rotatable bonds is 4. The van der Waals surface area contributed by atoms with Crippen LogP contribution in [0.15, 0.2) is 29.2 Å². The van der Waals surface area contributed by atoms with E-state index in [9.17, 15) is 4.79 Å². The topological polar surface area (TPSA) is 66.9 Å². The van der Waals surface area contributed by atoms with Crippen LogP contribution in [0.5, 0.6) is 0 Å². The molecule has 0 saturated heterocycles. The number of carbonyl (C=O) groups excluding carboxylic acids is 1. The summed E-state index contributed by atoms with van der Waals surface area (Å²) in [7, 11) is 0. The molecule has 2 aromatic heterocycles. The van der Waals surface area contributed by atoms with E-state index in [1.165, 1.54) is 17.5 Å². The highest BCUT2D eigenvalue weighted by atomic mass is 32.1. The van der Waals surface area contributed by atoms with Crippen LogP contribution in [0.2, 0.25) is 0 Å². The number of nitrogens with one attached hydrogen (secondary N) is 2. The lowest BCUT2D eigenvalue weighted by Crippen LogP contribution is -2.14. The Morgan fingerprint density at radius 3 is 2.88 bits per heavy atom. The van der Waals surface area contributed by atoms with Crippen LogP contribution in [0.25, 0.3) is 0 Å². The van der Waals surface area contributed by atoms with Crippen molar-refractivity contribution in [3.8, 4) is 0 Å². The fourth-order valence-electron chi connectivity index (χ4n) is 1.25. The third kappa shape index (κ3) is 3.01. The lowest BCUT2D eigenvalue weighted by Gasteiger charge is -2.03. The van der Waals surface area contributed by atoms with Crippen molar-refractivity contribution >= 4 is 28.7 Å². The standard InChI is InChI=1S/C11H12N4OS/c1-2-12-10-6-13-9(5-14-10)11(16)15-8-3-4-17-7-8/h3-7H,2H2,1H3,(H,12,14)(H,15,16). The lowest BCUT2D eigenvalue weighted by molar-refractivity contribution is 0.102. The van der Waals surface area contributed by atoms with E-state index in [2.05, 4.69) is 20.6 Å². The summed E-state index contributed by atoms with van der Waals surface area (Å²) in [5.41, 5.74) is 1.08. The maximum absolute atomic E-state index is 11.8. The van der Waals surface area contributed by atoms with Gasteiger partial charge in [-0.05, 0) is 18.4 Å². The quantitative estimate of drug-likeness (QED) is 0.870. The van der Waals surface area contributed by atoms with Crippen LogP contribution >= 0.6 is 11.3 Å². The highest BCUT2D eigenvalue weighted by Crippen LogP contribution is 2.12. The van der Waals surface area contributed by atoms with Gasteiger partial charge in [0.15, 0.2) is 0 Å². The number of hydrogen-bond donors (Lipinski definition) is 2. The Labute approximate surface area is 103 Å². The molecule has 0 bridgehead atoms. The minimum Gasteiger partial charge on any atom is -0.369 e. The second-order valence-corrected chi connectivity index (χ2v) is 4.06. The van der Waals surface area contributed by atoms with Gasteiger partial charge < -0.3 is 10.6 Å². The van der Waals surface area contributed by atoms with Crippen molar-refractivity contribution in [3.63, 3.8) is 0 Å². The monoisotopic (exact) mass is 248 g/mol. The van der Waals surface area contributed by atoms with E-state index < -0.39 is 0 Å². The Balaban J connectivity index is 2.04. The molecule has 0 atom stereocenters. The summed E-state index contributed by atoms with van der Waals surface area (Å²) in [6.45, 7) is 2.74. The van der Waals surface area contributed by atoms with Gasteiger partial charge in [-0.3, -0.25) is 4.79 Å². The molecular weight excluding hydrogens is 236 g/mol. The van der Waals surface area contributed by atoms with Crippen LogP contribution in [0.4, 0.5) is 11.5 Å². The van der Waals surface area contributed by atoms with Gasteiger partial charge in [0.25, 0.3) is 5.91 Å². The minimum atomic E-state index is -0.251. The molecule has 0 aromatic carbocycles. The van der Waals surface area contributed by atoms with Crippen molar-refractivity contribution in [2.24, 2.45) is 0 Å². The van der Waals surface area contributed by atoms with Crippen LogP contribution in [-0.4, -0.2) is 22.4 Å². The lowest BCUT2D eigenvalue weighted by atomic mass is 10.4. The number of nitrogens with zero attached hydrogens (tertiary/aromatic N) is 2. The molecule has 2 rings (SSSR count). The largest absolute Gasteiger partial charge is 0.369 e. The second kappa shape index (κ2) is 5.40. The zero-order chi connectivity index (χ0) is 12.1. The Hall–Kier alpha value is -1.95. The molecule has 0 fully saturated rings. The predicted octanol–water partition coefficient (Wildman–Crippen LogP) is 2.22. The number of carbonyl (C=O) groups is 1. The van der Waals surface area contributed by atoms with Crippen molar-refractivity contribution < 1.29 is 4.79 Å². The molecule has 2 aromatic rings. The van der Waals surface area contributed by atoms with Gasteiger partial charge in [-0.15, -0.1) is 0 Å². The number of aromatic nitrogens is 2. The maximum Gasteiger partial charge on any atom is 0.275 e. The van der Waals surface area contributed by atoms with Gasteiger partial charge in [0, 0.05) is 11.9 Å². The fraction of sp³-hybridized carbons (Fsp3) is 0.182. The van der Waals surface area contributed by atoms with Gasteiger partial charge >= 0.3 is 0 Å². The third-order valence-electron chi connectivity index (χ3n) is 2.02. The number of anilines is 2. The van der Waals surface area contributed by atoms with E-state index in [0.717, 1.165) is 12.2 Å². The first-order valence-corrected chi connectivity index (χ1v) is 6.13. The highest BCUT2D eigenvalue weighted by molar-refractivity contribution is 7.08. The summed E-state index contributed by atoms with van der Waals surface area (Å²) in [6.07, 6.45) is 3.01. The highest BCUT2D eigenvalue weighted by Gasteiger charge is 2.08. The van der Waals surface area contributed by atoms with Crippen LogP contribution < -0.4 is 10.6 Å². The van der Waals surface area contributed by atoms with Gasteiger partial charge in [-0.25, -0.2) is 9.97 Å². The van der Waals surface area contributed by atoms with Crippen molar-refractivity contribution in [1.29, 1.82) is 0 Å². The average Bonchev–Trinajstić information content (AvgIpc) is 2.83. The molecule has 2 N–H and O–H groups in total. The first kappa shape index (κ1) is 11.5. The Bertz CT molecular complexity index is 481. The van der Waals surface area contributed by atoms with Crippen molar-refractivity contribution in [1.82, 2.24) is 9.97 Å². The van der Waals surface area contributed by atoms with E-state index >= 15 is 0 Å². The summed E-state index contributed by atoms with van der Waals surface area (Å²) in [4.78, 5) is 19.9. The zero-order valence-corrected chi connectivity index (χ0v) is 10.1. The van der Waals surface area contributed by atoms with Gasteiger partial charge in [-0.1, -0.05) is 0 Å². The minimum absolute atomic E-state index is 0.251. The summed E-state index contributed by atoms with van der Waals surface area (Å²) in [5, 5.41) is 9.51. The second-order valence-electron chi connectivity index (χ2n) is 3.28. The number of thiophene rings is 1. The van der Waals surface area contributed by atoms with E-state index in [-0.39, 0.29) is 5.91 Å². The zero-order valence-electron chi connectivity index (χ0n) is 9.30. The molecule has 6 heteroatoms. The molecule has 5 nitrogen and oxygen atoms in total. The van der Waals surface area contributed by atoms with Crippen LogP contribution in [0, 0.1) is 0 Å². The van der Waals surface area contributed by atoms with Crippen molar-refractivity contribution in [2.75, 3.05) is 17.2 Å². The third-order valence-corrected chi connectivity index (χ3v) is 2.70. The van der Waals surface area contributed by atoms with Gasteiger partial charge in [0.05, 0.1) is 18.1 Å². The van der Waals surface area contributed by atoms with Gasteiger partial charge in [-0.2, -0.15) is 11.3 Å². The summed E-state index contributed by atoms with van der Waals surface area (Å²) in [5.74, 6) is 0.415. The van der Waals surface area contributed by atoms with Gasteiger partial charge in [0.1, 0.15) is 11.5 Å². The van der Waals surface area contributed by atoms with Crippen LogP contribution in [0.1, 0.15) is 17.4 Å². The van der Waals surface area contributed by atoms with E-state index in [4.69, 9.17) is 0 Å². The Morgan fingerprint density at radius 2 is 2.29 bits per heavy atom. The molecule has 1 amide bonds. The predicted molar refractivity (Wildman–Crippen MR) is 68.5 cm³/mol. The first-order chi connectivity index (χ1) is 8.29. The fourth-order valence-corrected chi connectivity index (χ4v) is 1.84. The molecule has 17 heavy (non-hydrogen) atoms. The molecule has 88 valence electrons. The molecule has 0 spiro atoms. The molecular formula is C11H12N4OS. The van der Waals surface area contributed by atoms with Crippen LogP contribution in [-0.2, 0) is 0 Å². The van der Waals surface area contributed by atoms with Crippen molar-refractivity contribution in [3.05, 3.63) is 34.9 Å². The summed E-state index contributed by atoms with van der Waals surface area (Å²) in [6, 6.07) is 1.84. The summed E-state index contributed by atoms with van der Waals surface area (Å²) < 4.78 is 0. The Kier molecular flexibility index (Phi) is 3.66. The molecule has 0 aliphatic heterocycles. The van der Waals surface area contributed by atoms with Crippen LogP contribution in [0.3, 0.4) is 0 Å². The average molecular weight is 248 g/mol. The molecule has 0 saturated carbocycles. The Morgan fingerprint density at radius 1 is 1.41 bits per heavy atom. The SMILES string of the molecule is CCNc1cnc(C(=O)Nc2ccsc2)cn1. The molecule has 0 radical (unpaired) electrons. The maximum atomic E-state index is 11.8. The molecule has 0 unspecified atom stereocenters. The molecule has 0 aliphatic rings. The normalized spacial score (nSPS) is 9.94. The smallest absolute Gasteiger partial charge is 0.275 e. The molecule has 2 heterocycles. The summed E-state index contributed by atoms with van der Waals surface area (Å²) >= 11 is 1.53. The van der Waals surface area contributed by atoms with E-state index in [1.807, 2.05) is 23.8 Å². The van der Waals surface area contributed by atoms with E-state index in [0.29, 0.717) is 11.5 Å². The number of hydrogen-bond acceptors (Lipinski definition) is 5. The number of amides is 1. The van der Waals surface area contributed by atoms with E-state index in [1.54, 1.807) is 6.20 Å².